The first-order valence-electron chi connectivity index (χ1n) is 11.3. The fourth-order valence-corrected chi connectivity index (χ4v) is 3.81. The van der Waals surface area contributed by atoms with E-state index in [1.54, 1.807) is 6.07 Å². The van der Waals surface area contributed by atoms with Gasteiger partial charge in [0.15, 0.2) is 11.5 Å². The standard InChI is InChI=1S/C26H23ClF4N2O4/c1-35-22-10-8-20(33-24(22)14-3-7-19(28)18(27)11-14)17(26(29,30)31)13-32-25(34)15-4-9-21(23(12-15)36-2)37-16-5-6-16/h3-4,7-12,16-17H,5-6,13H2,1-2H3,(H,32,34). The van der Waals surface area contributed by atoms with E-state index in [-0.39, 0.29) is 39.4 Å². The molecule has 1 amide bonds. The van der Waals surface area contributed by atoms with Crippen LogP contribution in [0.5, 0.6) is 17.2 Å². The zero-order chi connectivity index (χ0) is 26.7. The molecule has 11 heteroatoms. The summed E-state index contributed by atoms with van der Waals surface area (Å²) < 4.78 is 72.0. The maximum atomic E-state index is 14.1. The summed E-state index contributed by atoms with van der Waals surface area (Å²) in [7, 11) is 2.75. The molecule has 3 aromatic rings. The van der Waals surface area contributed by atoms with E-state index in [9.17, 15) is 22.4 Å². The van der Waals surface area contributed by atoms with Gasteiger partial charge in [-0.1, -0.05) is 11.6 Å². The van der Waals surface area contributed by atoms with Crippen molar-refractivity contribution in [2.24, 2.45) is 0 Å². The van der Waals surface area contributed by atoms with E-state index in [1.807, 2.05) is 0 Å². The Kier molecular flexibility index (Phi) is 7.77. The molecule has 1 aromatic heterocycles. The van der Waals surface area contributed by atoms with Gasteiger partial charge in [-0.2, -0.15) is 13.2 Å². The number of methoxy groups -OCH3 is 2. The van der Waals surface area contributed by atoms with Crippen LogP contribution in [-0.4, -0.2) is 43.9 Å². The minimum absolute atomic E-state index is 0.0541. The number of carbonyl (C=O) groups excluding carboxylic acids is 1. The number of alkyl halides is 3. The van der Waals surface area contributed by atoms with Crippen molar-refractivity contribution in [3.05, 3.63) is 70.6 Å². The molecule has 37 heavy (non-hydrogen) atoms. The first-order chi connectivity index (χ1) is 17.6. The molecule has 4 rings (SSSR count). The van der Waals surface area contributed by atoms with Crippen LogP contribution in [0.25, 0.3) is 11.3 Å². The van der Waals surface area contributed by atoms with Gasteiger partial charge in [-0.05, 0) is 61.4 Å². The molecule has 1 atom stereocenters. The molecule has 0 bridgehead atoms. The molecule has 0 spiro atoms. The highest BCUT2D eigenvalue weighted by Crippen LogP contribution is 2.38. The van der Waals surface area contributed by atoms with Crippen molar-refractivity contribution in [1.82, 2.24) is 10.3 Å². The molecule has 1 unspecified atom stereocenters. The van der Waals surface area contributed by atoms with Gasteiger partial charge < -0.3 is 19.5 Å². The van der Waals surface area contributed by atoms with E-state index in [0.29, 0.717) is 11.5 Å². The van der Waals surface area contributed by atoms with Gasteiger partial charge >= 0.3 is 6.18 Å². The fourth-order valence-electron chi connectivity index (χ4n) is 3.63. The summed E-state index contributed by atoms with van der Waals surface area (Å²) in [6.45, 7) is -0.770. The second kappa shape index (κ2) is 10.8. The van der Waals surface area contributed by atoms with Crippen molar-refractivity contribution < 1.29 is 36.6 Å². The number of nitrogens with one attached hydrogen (secondary N) is 1. The van der Waals surface area contributed by atoms with E-state index >= 15 is 0 Å². The third kappa shape index (κ3) is 6.25. The Morgan fingerprint density at radius 1 is 1.05 bits per heavy atom. The Morgan fingerprint density at radius 2 is 1.76 bits per heavy atom. The molecule has 2 aromatic carbocycles. The summed E-state index contributed by atoms with van der Waals surface area (Å²) in [5.74, 6) is -2.57. The lowest BCUT2D eigenvalue weighted by Gasteiger charge is -2.22. The topological polar surface area (TPSA) is 69.7 Å². The summed E-state index contributed by atoms with van der Waals surface area (Å²) in [5.41, 5.74) is 0.0918. The third-order valence-corrected chi connectivity index (χ3v) is 6.05. The molecule has 0 aliphatic heterocycles. The van der Waals surface area contributed by atoms with Crippen LogP contribution < -0.4 is 19.5 Å². The van der Waals surface area contributed by atoms with E-state index < -0.39 is 30.4 Å². The monoisotopic (exact) mass is 538 g/mol. The van der Waals surface area contributed by atoms with Crippen molar-refractivity contribution in [2.75, 3.05) is 20.8 Å². The first-order valence-corrected chi connectivity index (χ1v) is 11.7. The second-order valence-corrected chi connectivity index (χ2v) is 8.81. The lowest BCUT2D eigenvalue weighted by molar-refractivity contribution is -0.149. The maximum absolute atomic E-state index is 14.1. The molecule has 1 heterocycles. The Bertz CT molecular complexity index is 1300. The fraction of sp³-hybridized carbons (Fsp3) is 0.308. The van der Waals surface area contributed by atoms with Crippen LogP contribution in [0, 0.1) is 5.82 Å². The number of ether oxygens (including phenoxy) is 3. The van der Waals surface area contributed by atoms with Gasteiger partial charge in [0.1, 0.15) is 23.2 Å². The minimum atomic E-state index is -4.73. The maximum Gasteiger partial charge on any atom is 0.398 e. The molecule has 196 valence electrons. The number of halogens is 5. The van der Waals surface area contributed by atoms with Crippen molar-refractivity contribution in [1.29, 1.82) is 0 Å². The quantitative estimate of drug-likeness (QED) is 0.330. The highest BCUT2D eigenvalue weighted by molar-refractivity contribution is 6.31. The van der Waals surface area contributed by atoms with Gasteiger partial charge in [-0.3, -0.25) is 4.79 Å². The SMILES string of the molecule is COc1cc(C(=O)NCC(c2ccc(OC)c(-c3ccc(F)c(Cl)c3)n2)C(F)(F)F)ccc1OC1CC1. The molecular weight excluding hydrogens is 516 g/mol. The number of aromatic nitrogens is 1. The Hall–Kier alpha value is -3.53. The largest absolute Gasteiger partial charge is 0.494 e. The summed E-state index contributed by atoms with van der Waals surface area (Å²) in [6.07, 6.45) is -2.76. The van der Waals surface area contributed by atoms with Crippen molar-refractivity contribution in [3.8, 4) is 28.5 Å². The van der Waals surface area contributed by atoms with Gasteiger partial charge in [-0.25, -0.2) is 9.37 Å². The van der Waals surface area contributed by atoms with Gasteiger partial charge in [0.2, 0.25) is 0 Å². The van der Waals surface area contributed by atoms with Crippen LogP contribution in [-0.2, 0) is 0 Å². The Labute approximate surface area is 215 Å². The predicted octanol–water partition coefficient (Wildman–Crippen LogP) is 6.18. The minimum Gasteiger partial charge on any atom is -0.494 e. The molecule has 0 radical (unpaired) electrons. The number of carbonyl (C=O) groups is 1. The third-order valence-electron chi connectivity index (χ3n) is 5.76. The van der Waals surface area contributed by atoms with E-state index in [4.69, 9.17) is 25.8 Å². The van der Waals surface area contributed by atoms with Crippen LogP contribution in [0.3, 0.4) is 0 Å². The summed E-state index contributed by atoms with van der Waals surface area (Å²) in [5, 5.41) is 2.12. The van der Waals surface area contributed by atoms with Crippen LogP contribution in [0.4, 0.5) is 17.6 Å². The molecule has 1 aliphatic rings. The van der Waals surface area contributed by atoms with Gasteiger partial charge in [0.05, 0.1) is 31.0 Å². The average molecular weight is 539 g/mol. The number of rotatable bonds is 9. The van der Waals surface area contributed by atoms with Crippen LogP contribution in [0.2, 0.25) is 5.02 Å². The van der Waals surface area contributed by atoms with Crippen LogP contribution >= 0.6 is 11.6 Å². The first kappa shape index (κ1) is 26.5. The lowest BCUT2D eigenvalue weighted by Crippen LogP contribution is -2.35. The number of amides is 1. The second-order valence-electron chi connectivity index (χ2n) is 8.40. The zero-order valence-electron chi connectivity index (χ0n) is 19.9. The van der Waals surface area contributed by atoms with E-state index in [1.165, 1.54) is 50.6 Å². The van der Waals surface area contributed by atoms with E-state index in [2.05, 4.69) is 10.3 Å². The Morgan fingerprint density at radius 3 is 2.38 bits per heavy atom. The summed E-state index contributed by atoms with van der Waals surface area (Å²) in [4.78, 5) is 16.9. The number of benzene rings is 2. The Balaban J connectivity index is 1.57. The molecule has 1 aliphatic carbocycles. The van der Waals surface area contributed by atoms with Crippen molar-refractivity contribution in [2.45, 2.75) is 31.0 Å². The summed E-state index contributed by atoms with van der Waals surface area (Å²) >= 11 is 5.85. The average Bonchev–Trinajstić information content (AvgIpc) is 3.69. The van der Waals surface area contributed by atoms with Crippen molar-refractivity contribution >= 4 is 17.5 Å². The number of hydrogen-bond donors (Lipinski definition) is 1. The molecule has 1 N–H and O–H groups in total. The van der Waals surface area contributed by atoms with Crippen molar-refractivity contribution in [3.63, 3.8) is 0 Å². The van der Waals surface area contributed by atoms with Crippen LogP contribution in [0.15, 0.2) is 48.5 Å². The zero-order valence-corrected chi connectivity index (χ0v) is 20.6. The van der Waals surface area contributed by atoms with Gasteiger partial charge in [0, 0.05) is 17.7 Å². The highest BCUT2D eigenvalue weighted by atomic mass is 35.5. The highest BCUT2D eigenvalue weighted by Gasteiger charge is 2.42. The molecule has 1 fully saturated rings. The van der Waals surface area contributed by atoms with Crippen LogP contribution in [0.1, 0.15) is 34.8 Å². The van der Waals surface area contributed by atoms with E-state index in [0.717, 1.165) is 18.9 Å². The molecule has 6 nitrogen and oxygen atoms in total. The molecular formula is C26H23ClF4N2O4. The lowest BCUT2D eigenvalue weighted by atomic mass is 10.0. The molecule has 0 saturated heterocycles. The molecule has 1 saturated carbocycles. The van der Waals surface area contributed by atoms with Gasteiger partial charge in [0.25, 0.3) is 5.91 Å². The number of pyridine rings is 1. The van der Waals surface area contributed by atoms with Gasteiger partial charge in [-0.15, -0.1) is 0 Å². The number of nitrogens with zero attached hydrogens (tertiary/aromatic N) is 1. The normalized spacial score (nSPS) is 14.1. The smallest absolute Gasteiger partial charge is 0.398 e. The number of hydrogen-bond acceptors (Lipinski definition) is 5. The predicted molar refractivity (Wildman–Crippen MR) is 129 cm³/mol. The summed E-state index contributed by atoms with van der Waals surface area (Å²) in [6, 6.07) is 10.6.